The minimum Gasteiger partial charge on any atom is -0.456 e. The van der Waals surface area contributed by atoms with Crippen LogP contribution >= 0.6 is 0 Å². The van der Waals surface area contributed by atoms with Crippen molar-refractivity contribution in [2.24, 2.45) is 5.41 Å². The summed E-state index contributed by atoms with van der Waals surface area (Å²) in [5, 5.41) is 9.16. The average molecular weight is 434 g/mol. The molecule has 1 aliphatic heterocycles. The van der Waals surface area contributed by atoms with Crippen LogP contribution in [0.1, 0.15) is 12.8 Å². The number of hydrogen-bond acceptors (Lipinski definition) is 9. The number of benzene rings is 1. The zero-order valence-electron chi connectivity index (χ0n) is 15.6. The second kappa shape index (κ2) is 7.58. The van der Waals surface area contributed by atoms with Crippen LogP contribution in [-0.4, -0.2) is 48.6 Å². The van der Waals surface area contributed by atoms with E-state index in [1.807, 2.05) is 0 Å². The largest absolute Gasteiger partial charge is 0.509 e. The molecule has 4 rings (SSSR count). The smallest absolute Gasteiger partial charge is 0.456 e. The molecule has 2 aromatic rings. The number of rotatable bonds is 6. The van der Waals surface area contributed by atoms with Gasteiger partial charge in [0, 0.05) is 19.0 Å². The van der Waals surface area contributed by atoms with Crippen LogP contribution < -0.4 is 10.2 Å². The van der Waals surface area contributed by atoms with E-state index in [9.17, 15) is 18.0 Å². The fourth-order valence-electron chi connectivity index (χ4n) is 3.82. The zero-order chi connectivity index (χ0) is 21.4. The van der Waals surface area contributed by atoms with Gasteiger partial charge in [-0.3, -0.25) is 15.0 Å². The third-order valence-electron chi connectivity index (χ3n) is 5.20. The van der Waals surface area contributed by atoms with Crippen molar-refractivity contribution in [2.45, 2.75) is 29.9 Å². The number of hydroxylamine groups is 1. The van der Waals surface area contributed by atoms with Gasteiger partial charge in [-0.2, -0.15) is 0 Å². The molecule has 1 aliphatic carbocycles. The summed E-state index contributed by atoms with van der Waals surface area (Å²) in [7, 11) is -3.93. The average Bonchev–Trinajstić information content (AvgIpc) is 3.22. The van der Waals surface area contributed by atoms with Gasteiger partial charge in [0.05, 0.1) is 22.3 Å². The molecule has 158 valence electrons. The molecule has 2 heterocycles. The number of nitrogens with zero attached hydrogens (tertiary/aromatic N) is 1. The number of carbonyl (C=O) groups is 2. The van der Waals surface area contributed by atoms with Crippen molar-refractivity contribution in [3.8, 4) is 11.5 Å². The van der Waals surface area contributed by atoms with Crippen LogP contribution in [0.4, 0.5) is 4.79 Å². The quantitative estimate of drug-likeness (QED) is 0.396. The number of ether oxygens (including phenoxy) is 3. The van der Waals surface area contributed by atoms with E-state index in [0.29, 0.717) is 11.5 Å². The Bertz CT molecular complexity index is 1040. The van der Waals surface area contributed by atoms with E-state index in [2.05, 4.69) is 4.98 Å². The van der Waals surface area contributed by atoms with Gasteiger partial charge in [-0.25, -0.2) is 18.7 Å². The van der Waals surface area contributed by atoms with Crippen molar-refractivity contribution < 1.29 is 37.4 Å². The molecule has 2 aliphatic rings. The minimum atomic E-state index is -3.93. The Morgan fingerprint density at radius 1 is 1.17 bits per heavy atom. The summed E-state index contributed by atoms with van der Waals surface area (Å²) in [5.74, 6) is -0.529. The van der Waals surface area contributed by atoms with Crippen molar-refractivity contribution in [2.75, 3.05) is 5.75 Å². The molecular formula is C19H18N2O8S. The summed E-state index contributed by atoms with van der Waals surface area (Å²) >= 11 is 0. The highest BCUT2D eigenvalue weighted by molar-refractivity contribution is 7.91. The summed E-state index contributed by atoms with van der Waals surface area (Å²) in [6.07, 6.45) is 0.655. The van der Waals surface area contributed by atoms with Gasteiger partial charge in [0.1, 0.15) is 23.7 Å². The van der Waals surface area contributed by atoms with Crippen molar-refractivity contribution in [3.05, 3.63) is 48.8 Å². The van der Waals surface area contributed by atoms with E-state index >= 15 is 0 Å². The van der Waals surface area contributed by atoms with Crippen LogP contribution in [0.5, 0.6) is 11.5 Å². The van der Waals surface area contributed by atoms with Crippen molar-refractivity contribution in [1.82, 2.24) is 10.5 Å². The Morgan fingerprint density at radius 3 is 2.40 bits per heavy atom. The molecule has 2 atom stereocenters. The number of aromatic nitrogens is 1. The summed E-state index contributed by atoms with van der Waals surface area (Å²) in [6.45, 7) is 0. The molecular weight excluding hydrogens is 416 g/mol. The number of hydrogen-bond donors (Lipinski definition) is 2. The first-order chi connectivity index (χ1) is 14.3. The first kappa shape index (κ1) is 20.1. The molecule has 10 nitrogen and oxygen atoms in total. The first-order valence-corrected chi connectivity index (χ1v) is 10.7. The highest BCUT2D eigenvalue weighted by Crippen LogP contribution is 2.46. The predicted octanol–water partition coefficient (Wildman–Crippen LogP) is 1.84. The molecule has 30 heavy (non-hydrogen) atoms. The van der Waals surface area contributed by atoms with E-state index in [1.165, 1.54) is 35.9 Å². The number of carbonyl (C=O) groups excluding carboxylic acids is 2. The first-order valence-electron chi connectivity index (χ1n) is 9.04. The van der Waals surface area contributed by atoms with Crippen molar-refractivity contribution in [3.63, 3.8) is 0 Å². The topological polar surface area (TPSA) is 141 Å². The molecule has 0 bridgehead atoms. The standard InChI is InChI=1S/C19H18N2O8S/c22-17(21-24)19(8-15-16(9-19)29-18(23)28-15)11-30(25,26)14-5-3-12(4-6-14)27-13-2-1-7-20-10-13/h1-7,10,15-16,24H,8-9,11H2,(H,21,22). The summed E-state index contributed by atoms with van der Waals surface area (Å²) < 4.78 is 41.6. The molecule has 1 amide bonds. The third kappa shape index (κ3) is 3.81. The normalized spacial score (nSPS) is 25.2. The van der Waals surface area contributed by atoms with E-state index < -0.39 is 45.3 Å². The fraction of sp³-hybridized carbons (Fsp3) is 0.316. The van der Waals surface area contributed by atoms with E-state index in [1.54, 1.807) is 18.3 Å². The van der Waals surface area contributed by atoms with Crippen molar-refractivity contribution in [1.29, 1.82) is 0 Å². The Hall–Kier alpha value is -3.18. The molecule has 1 saturated heterocycles. The summed E-state index contributed by atoms with van der Waals surface area (Å²) in [4.78, 5) is 27.5. The minimum absolute atomic E-state index is 0.0128. The van der Waals surface area contributed by atoms with Gasteiger partial charge in [-0.05, 0) is 36.4 Å². The SMILES string of the molecule is O=C1OC2CC(CS(=O)(=O)c3ccc(Oc4cccnc4)cc3)(C(=O)NO)CC2O1. The Labute approximate surface area is 171 Å². The lowest BCUT2D eigenvalue weighted by molar-refractivity contribution is -0.139. The Balaban J connectivity index is 1.53. The zero-order valence-corrected chi connectivity index (χ0v) is 16.4. The highest BCUT2D eigenvalue weighted by atomic mass is 32.2. The summed E-state index contributed by atoms with van der Waals surface area (Å²) in [5.41, 5.74) is 0.0418. The van der Waals surface area contributed by atoms with Crippen LogP contribution in [0, 0.1) is 5.41 Å². The number of nitrogens with one attached hydrogen (secondary N) is 1. The lowest BCUT2D eigenvalue weighted by atomic mass is 9.87. The summed E-state index contributed by atoms with van der Waals surface area (Å²) in [6, 6.07) is 9.15. The Kier molecular flexibility index (Phi) is 5.08. The van der Waals surface area contributed by atoms with E-state index in [4.69, 9.17) is 19.4 Å². The maximum atomic E-state index is 13.0. The molecule has 2 N–H and O–H groups in total. The van der Waals surface area contributed by atoms with Crippen LogP contribution in [-0.2, 0) is 24.1 Å². The van der Waals surface area contributed by atoms with Crippen LogP contribution in [0.3, 0.4) is 0 Å². The molecule has 11 heteroatoms. The van der Waals surface area contributed by atoms with Gasteiger partial charge in [0.15, 0.2) is 9.84 Å². The lowest BCUT2D eigenvalue weighted by Crippen LogP contribution is -2.43. The van der Waals surface area contributed by atoms with Gasteiger partial charge in [-0.1, -0.05) is 0 Å². The number of amides is 1. The van der Waals surface area contributed by atoms with Gasteiger partial charge < -0.3 is 14.2 Å². The second-order valence-electron chi connectivity index (χ2n) is 7.21. The van der Waals surface area contributed by atoms with Crippen LogP contribution in [0.2, 0.25) is 0 Å². The molecule has 1 aromatic heterocycles. The predicted molar refractivity (Wildman–Crippen MR) is 99.5 cm³/mol. The van der Waals surface area contributed by atoms with Crippen molar-refractivity contribution >= 4 is 21.9 Å². The number of pyridine rings is 1. The molecule has 1 aromatic carbocycles. The van der Waals surface area contributed by atoms with Gasteiger partial charge in [0.25, 0.3) is 5.91 Å². The molecule has 2 unspecified atom stereocenters. The lowest BCUT2D eigenvalue weighted by Gasteiger charge is -2.26. The molecule has 0 spiro atoms. The third-order valence-corrected chi connectivity index (χ3v) is 7.12. The molecule has 1 saturated carbocycles. The maximum Gasteiger partial charge on any atom is 0.509 e. The maximum absolute atomic E-state index is 13.0. The van der Waals surface area contributed by atoms with Gasteiger partial charge >= 0.3 is 6.16 Å². The highest BCUT2D eigenvalue weighted by Gasteiger charge is 2.58. The number of fused-ring (bicyclic) bond motifs is 1. The Morgan fingerprint density at radius 2 is 1.83 bits per heavy atom. The number of sulfone groups is 1. The van der Waals surface area contributed by atoms with E-state index in [-0.39, 0.29) is 17.7 Å². The second-order valence-corrected chi connectivity index (χ2v) is 9.20. The van der Waals surface area contributed by atoms with Gasteiger partial charge in [0.2, 0.25) is 0 Å². The molecule has 0 radical (unpaired) electrons. The van der Waals surface area contributed by atoms with Crippen LogP contribution in [0.25, 0.3) is 0 Å². The molecule has 2 fully saturated rings. The monoisotopic (exact) mass is 434 g/mol. The van der Waals surface area contributed by atoms with E-state index in [0.717, 1.165) is 0 Å². The van der Waals surface area contributed by atoms with Crippen LogP contribution in [0.15, 0.2) is 53.7 Å². The fourth-order valence-corrected chi connectivity index (χ4v) is 5.63. The van der Waals surface area contributed by atoms with Gasteiger partial charge in [-0.15, -0.1) is 0 Å².